The lowest BCUT2D eigenvalue weighted by Gasteiger charge is -2.12. The average molecular weight is 332 g/mol. The number of nitro groups is 1. The Balaban J connectivity index is 2.15. The van der Waals surface area contributed by atoms with Gasteiger partial charge in [-0.25, -0.2) is 9.97 Å². The molecule has 3 aromatic rings. The molecule has 0 radical (unpaired) electrons. The monoisotopic (exact) mass is 332 g/mol. The fraction of sp³-hybridized carbons (Fsp3) is 0.0556. The third-order valence-electron chi connectivity index (χ3n) is 3.62. The molecular formula is C18H13N5O2. The number of nitrogens with one attached hydrogen (secondary N) is 1. The van der Waals surface area contributed by atoms with E-state index in [0.29, 0.717) is 27.8 Å². The summed E-state index contributed by atoms with van der Waals surface area (Å²) in [5.74, 6) is 0.326. The molecular weight excluding hydrogens is 318 g/mol. The summed E-state index contributed by atoms with van der Waals surface area (Å²) < 4.78 is 7.75. The minimum absolute atomic E-state index is 0.142. The molecule has 0 spiro atoms. The minimum Gasteiger partial charge on any atom is -0.334 e. The number of fused-ring (bicyclic) bond motifs is 1. The summed E-state index contributed by atoms with van der Waals surface area (Å²) >= 11 is 0. The number of nitro benzene ring substituents is 1. The van der Waals surface area contributed by atoms with E-state index in [4.69, 9.17) is 6.63 Å². The highest BCUT2D eigenvalue weighted by molar-refractivity contribution is 5.92. The maximum absolute atomic E-state index is 11.5. The lowest BCUT2D eigenvalue weighted by molar-refractivity contribution is -0.384. The van der Waals surface area contributed by atoms with E-state index < -0.39 is 4.92 Å². The first-order chi connectivity index (χ1) is 12.5. The Hall–Kier alpha value is -3.79. The van der Waals surface area contributed by atoms with Crippen LogP contribution in [0.3, 0.4) is 0 Å². The van der Waals surface area contributed by atoms with Gasteiger partial charge in [0.15, 0.2) is 0 Å². The van der Waals surface area contributed by atoms with Crippen LogP contribution in [-0.2, 0) is 0 Å². The summed E-state index contributed by atoms with van der Waals surface area (Å²) in [5.41, 5.74) is 1.88. The van der Waals surface area contributed by atoms with Crippen LogP contribution in [-0.4, -0.2) is 14.9 Å². The molecule has 25 heavy (non-hydrogen) atoms. The molecule has 0 aliphatic carbocycles. The molecule has 1 aromatic heterocycles. The highest BCUT2D eigenvalue weighted by Crippen LogP contribution is 2.34. The van der Waals surface area contributed by atoms with E-state index in [2.05, 4.69) is 15.3 Å². The van der Waals surface area contributed by atoms with Gasteiger partial charge in [-0.15, -0.1) is 0 Å². The smallest absolute Gasteiger partial charge is 0.293 e. The number of aryl methyl sites for hydroxylation is 1. The number of nitriles is 1. The summed E-state index contributed by atoms with van der Waals surface area (Å²) in [6, 6.07) is 12.1. The van der Waals surface area contributed by atoms with Crippen LogP contribution in [0.5, 0.6) is 0 Å². The third kappa shape index (κ3) is 3.28. The average Bonchev–Trinajstić information content (AvgIpc) is 2.61. The van der Waals surface area contributed by atoms with Crippen molar-refractivity contribution in [3.05, 3.63) is 70.0 Å². The van der Waals surface area contributed by atoms with E-state index in [1.807, 2.05) is 6.07 Å². The van der Waals surface area contributed by atoms with Crippen molar-refractivity contribution in [1.82, 2.24) is 9.97 Å². The largest absolute Gasteiger partial charge is 0.334 e. The lowest BCUT2D eigenvalue weighted by atomic mass is 10.1. The minimum atomic E-state index is -0.496. The second kappa shape index (κ2) is 6.76. The predicted octanol–water partition coefficient (Wildman–Crippen LogP) is 4.13. The van der Waals surface area contributed by atoms with Crippen LogP contribution in [0.4, 0.5) is 17.2 Å². The first-order valence-electron chi connectivity index (χ1n) is 7.85. The van der Waals surface area contributed by atoms with Gasteiger partial charge in [-0.05, 0) is 42.3 Å². The molecule has 7 nitrogen and oxygen atoms in total. The molecule has 7 heteroatoms. The van der Waals surface area contributed by atoms with E-state index in [1.165, 1.54) is 18.2 Å². The molecule has 122 valence electrons. The van der Waals surface area contributed by atoms with Gasteiger partial charge < -0.3 is 5.32 Å². The van der Waals surface area contributed by atoms with Gasteiger partial charge in [-0.2, -0.15) is 5.26 Å². The Kier molecular flexibility index (Phi) is 4.00. The number of benzene rings is 2. The summed E-state index contributed by atoms with van der Waals surface area (Å²) in [7, 11) is 0. The van der Waals surface area contributed by atoms with Crippen molar-refractivity contribution in [3.8, 4) is 6.07 Å². The zero-order valence-electron chi connectivity index (χ0n) is 14.2. The first kappa shape index (κ1) is 14.8. The normalized spacial score (nSPS) is 11.3. The lowest BCUT2D eigenvalue weighted by Crippen LogP contribution is -2.02. The van der Waals surface area contributed by atoms with Crippen LogP contribution in [0.2, 0.25) is 0 Å². The van der Waals surface area contributed by atoms with Gasteiger partial charge in [-0.3, -0.25) is 10.1 Å². The molecule has 0 saturated carbocycles. The van der Waals surface area contributed by atoms with E-state index in [9.17, 15) is 10.1 Å². The predicted molar refractivity (Wildman–Crippen MR) is 95.3 cm³/mol. The van der Waals surface area contributed by atoms with Crippen molar-refractivity contribution < 1.29 is 6.29 Å². The number of hydrogen-bond acceptors (Lipinski definition) is 6. The second-order valence-corrected chi connectivity index (χ2v) is 5.27. The van der Waals surface area contributed by atoms with Crippen molar-refractivity contribution in [2.75, 3.05) is 5.32 Å². The van der Waals surface area contributed by atoms with Crippen molar-refractivity contribution in [2.45, 2.75) is 6.92 Å². The van der Waals surface area contributed by atoms with Crippen LogP contribution >= 0.6 is 0 Å². The molecule has 0 aliphatic heterocycles. The van der Waals surface area contributed by atoms with Crippen LogP contribution in [0.1, 0.15) is 12.5 Å². The Labute approximate surface area is 144 Å². The highest BCUT2D eigenvalue weighted by atomic mass is 16.6. The van der Waals surface area contributed by atoms with Crippen LogP contribution in [0.25, 0.3) is 17.0 Å². The maximum Gasteiger partial charge on any atom is 0.293 e. The molecule has 2 aromatic carbocycles. The van der Waals surface area contributed by atoms with Gasteiger partial charge in [0.25, 0.3) is 5.69 Å². The van der Waals surface area contributed by atoms with Gasteiger partial charge in [0, 0.05) is 17.5 Å². The maximum atomic E-state index is 11.5. The zero-order valence-corrected chi connectivity index (χ0v) is 13.2. The molecule has 1 heterocycles. The molecule has 0 unspecified atom stereocenters. The van der Waals surface area contributed by atoms with Gasteiger partial charge in [0.2, 0.25) is 0 Å². The number of anilines is 2. The Morgan fingerprint density at radius 3 is 2.92 bits per heavy atom. The topological polar surface area (TPSA) is 105 Å². The van der Waals surface area contributed by atoms with Gasteiger partial charge in [-0.1, -0.05) is 12.1 Å². The van der Waals surface area contributed by atoms with Crippen molar-refractivity contribution in [1.29, 1.82) is 5.26 Å². The van der Waals surface area contributed by atoms with E-state index in [-0.39, 0.29) is 17.7 Å². The molecule has 3 rings (SSSR count). The van der Waals surface area contributed by atoms with Gasteiger partial charge in [0.1, 0.15) is 19.2 Å². The molecule has 0 fully saturated rings. The first-order valence-corrected chi connectivity index (χ1v) is 7.35. The summed E-state index contributed by atoms with van der Waals surface area (Å²) in [4.78, 5) is 19.2. The summed E-state index contributed by atoms with van der Waals surface area (Å²) in [5, 5.41) is 23.8. The fourth-order valence-electron chi connectivity index (χ4n) is 2.51. The molecule has 0 aliphatic rings. The standard InChI is InChI=1S/C18H13N5O2/c1-12-9-13(5-4-8-19)10-16(23(24)25)17(12)22-18-14-6-2-3-7-15(14)20-11-21-18/h2-7,9-11H,1H3,(H,20,21,22)/i11D. The SMILES string of the molecule is [2H]c1nc(Nc2c(C)cc(C=CC#N)cc2[N+](=O)[O-])c2ccccc2n1. The quantitative estimate of drug-likeness (QED) is 0.437. The van der Waals surface area contributed by atoms with Crippen LogP contribution in [0, 0.1) is 28.4 Å². The zero-order chi connectivity index (χ0) is 18.7. The second-order valence-electron chi connectivity index (χ2n) is 5.27. The van der Waals surface area contributed by atoms with Crippen LogP contribution in [0.15, 0.2) is 48.8 Å². The van der Waals surface area contributed by atoms with Crippen molar-refractivity contribution in [2.24, 2.45) is 0 Å². The molecule has 0 atom stereocenters. The number of aromatic nitrogens is 2. The third-order valence-corrected chi connectivity index (χ3v) is 3.62. The van der Waals surface area contributed by atoms with E-state index in [1.54, 1.807) is 37.3 Å². The number of para-hydroxylation sites is 1. The van der Waals surface area contributed by atoms with E-state index in [0.717, 1.165) is 0 Å². The van der Waals surface area contributed by atoms with Gasteiger partial charge in [0.05, 0.1) is 16.5 Å². The van der Waals surface area contributed by atoms with Crippen molar-refractivity contribution in [3.63, 3.8) is 0 Å². The molecule has 0 bridgehead atoms. The summed E-state index contributed by atoms with van der Waals surface area (Å²) in [6.45, 7) is 1.73. The molecule has 0 amide bonds. The Bertz CT molecular complexity index is 1090. The fourth-order valence-corrected chi connectivity index (χ4v) is 2.51. The number of hydrogen-bond donors (Lipinski definition) is 1. The van der Waals surface area contributed by atoms with Gasteiger partial charge >= 0.3 is 0 Å². The Morgan fingerprint density at radius 1 is 1.36 bits per heavy atom. The number of rotatable bonds is 4. The molecule has 0 saturated heterocycles. The van der Waals surface area contributed by atoms with E-state index >= 15 is 0 Å². The Morgan fingerprint density at radius 2 is 2.16 bits per heavy atom. The number of allylic oxidation sites excluding steroid dienone is 1. The molecule has 1 N–H and O–H groups in total. The van der Waals surface area contributed by atoms with Crippen LogP contribution < -0.4 is 5.32 Å². The summed E-state index contributed by atoms with van der Waals surface area (Å²) in [6.07, 6.45) is 2.59. The van der Waals surface area contributed by atoms with Crippen molar-refractivity contribution >= 4 is 34.2 Å². The number of nitrogens with zero attached hydrogens (tertiary/aromatic N) is 4. The highest BCUT2D eigenvalue weighted by Gasteiger charge is 2.18.